The van der Waals surface area contributed by atoms with Crippen molar-refractivity contribution in [3.63, 3.8) is 0 Å². The van der Waals surface area contributed by atoms with Crippen LogP contribution in [-0.4, -0.2) is 9.97 Å². The molecular formula is C19H19N3O. The second-order valence-corrected chi connectivity index (χ2v) is 5.20. The summed E-state index contributed by atoms with van der Waals surface area (Å²) in [4.78, 5) is 8.40. The van der Waals surface area contributed by atoms with Gasteiger partial charge in [-0.15, -0.1) is 0 Å². The first-order valence-corrected chi connectivity index (χ1v) is 7.60. The third-order valence-corrected chi connectivity index (χ3v) is 3.38. The van der Waals surface area contributed by atoms with Gasteiger partial charge in [-0.2, -0.15) is 0 Å². The van der Waals surface area contributed by atoms with Gasteiger partial charge in [0.15, 0.2) is 0 Å². The van der Waals surface area contributed by atoms with Gasteiger partial charge in [0.1, 0.15) is 5.82 Å². The number of nitrogens with one attached hydrogen (secondary N) is 1. The van der Waals surface area contributed by atoms with Crippen molar-refractivity contribution in [3.8, 4) is 0 Å². The molecule has 4 heteroatoms. The van der Waals surface area contributed by atoms with Crippen molar-refractivity contribution in [2.24, 2.45) is 0 Å². The summed E-state index contributed by atoms with van der Waals surface area (Å²) in [6, 6.07) is 20.2. The molecular weight excluding hydrogens is 286 g/mol. The van der Waals surface area contributed by atoms with Crippen molar-refractivity contribution in [2.45, 2.75) is 19.8 Å². The van der Waals surface area contributed by atoms with Gasteiger partial charge in [0.2, 0.25) is 0 Å². The van der Waals surface area contributed by atoms with Crippen LogP contribution >= 0.6 is 0 Å². The molecule has 0 fully saturated rings. The van der Waals surface area contributed by atoms with Gasteiger partial charge in [-0.3, -0.25) is 0 Å². The fourth-order valence-corrected chi connectivity index (χ4v) is 2.23. The van der Waals surface area contributed by atoms with Crippen LogP contribution in [0.1, 0.15) is 17.0 Å². The molecule has 3 rings (SSSR count). The molecule has 1 N–H and O–H groups in total. The van der Waals surface area contributed by atoms with E-state index in [2.05, 4.69) is 39.6 Å². The highest BCUT2D eigenvalue weighted by atomic mass is 16.5. The van der Waals surface area contributed by atoms with Crippen LogP contribution in [0.4, 0.5) is 5.69 Å². The van der Waals surface area contributed by atoms with Gasteiger partial charge in [-0.1, -0.05) is 42.5 Å². The average molecular weight is 305 g/mol. The lowest BCUT2D eigenvalue weighted by atomic mass is 10.2. The molecule has 0 spiro atoms. The van der Waals surface area contributed by atoms with E-state index < -0.39 is 0 Å². The van der Waals surface area contributed by atoms with E-state index in [0.29, 0.717) is 19.8 Å². The normalized spacial score (nSPS) is 10.4. The van der Waals surface area contributed by atoms with Crippen LogP contribution in [0.3, 0.4) is 0 Å². The van der Waals surface area contributed by atoms with Crippen LogP contribution in [0.25, 0.3) is 0 Å². The Bertz CT molecular complexity index is 717. The number of hydrogen-bond acceptors (Lipinski definition) is 4. The molecule has 0 aliphatic carbocycles. The van der Waals surface area contributed by atoms with E-state index in [9.17, 15) is 0 Å². The summed E-state index contributed by atoms with van der Waals surface area (Å²) in [6.07, 6.45) is 3.50. The quantitative estimate of drug-likeness (QED) is 0.721. The van der Waals surface area contributed by atoms with Crippen LogP contribution in [0.2, 0.25) is 0 Å². The minimum Gasteiger partial charge on any atom is -0.378 e. The lowest BCUT2D eigenvalue weighted by molar-refractivity contribution is 0.107. The second kappa shape index (κ2) is 8.06. The van der Waals surface area contributed by atoms with E-state index in [-0.39, 0.29) is 0 Å². The number of anilines is 1. The van der Waals surface area contributed by atoms with E-state index in [1.54, 1.807) is 12.4 Å². The van der Waals surface area contributed by atoms with Crippen molar-refractivity contribution >= 4 is 5.69 Å². The standard InChI is InChI=1S/C19H19N3O/c1-2-6-16(7-3-1)14-23-15-17-8-4-9-18(12-17)22-13-19-20-10-5-11-21-19/h1-12,22H,13-15H2. The molecule has 0 aliphatic heterocycles. The van der Waals surface area contributed by atoms with E-state index in [1.165, 1.54) is 5.56 Å². The molecule has 0 radical (unpaired) electrons. The Morgan fingerprint density at radius 1 is 0.783 bits per heavy atom. The summed E-state index contributed by atoms with van der Waals surface area (Å²) in [7, 11) is 0. The summed E-state index contributed by atoms with van der Waals surface area (Å²) in [6.45, 7) is 1.82. The van der Waals surface area contributed by atoms with Crippen molar-refractivity contribution in [3.05, 3.63) is 90.0 Å². The van der Waals surface area contributed by atoms with Gasteiger partial charge in [-0.25, -0.2) is 9.97 Å². The van der Waals surface area contributed by atoms with Crippen LogP contribution in [-0.2, 0) is 24.5 Å². The number of ether oxygens (including phenoxy) is 1. The van der Waals surface area contributed by atoms with Gasteiger partial charge >= 0.3 is 0 Å². The molecule has 2 aromatic carbocycles. The molecule has 0 amide bonds. The summed E-state index contributed by atoms with van der Waals surface area (Å²) in [5.41, 5.74) is 3.36. The highest BCUT2D eigenvalue weighted by Crippen LogP contribution is 2.13. The SMILES string of the molecule is c1ccc(COCc2cccc(NCc3ncccn3)c2)cc1. The number of benzene rings is 2. The highest BCUT2D eigenvalue weighted by molar-refractivity contribution is 5.45. The van der Waals surface area contributed by atoms with Crippen molar-refractivity contribution < 1.29 is 4.74 Å². The second-order valence-electron chi connectivity index (χ2n) is 5.20. The largest absolute Gasteiger partial charge is 0.378 e. The van der Waals surface area contributed by atoms with Crippen LogP contribution in [0, 0.1) is 0 Å². The average Bonchev–Trinajstić information content (AvgIpc) is 2.62. The molecule has 116 valence electrons. The minimum absolute atomic E-state index is 0.590. The maximum atomic E-state index is 5.77. The molecule has 0 unspecified atom stereocenters. The fourth-order valence-electron chi connectivity index (χ4n) is 2.23. The zero-order chi connectivity index (χ0) is 15.7. The lowest BCUT2D eigenvalue weighted by Gasteiger charge is -2.08. The predicted molar refractivity (Wildman–Crippen MR) is 90.7 cm³/mol. The summed E-state index contributed by atoms with van der Waals surface area (Å²) in [5.74, 6) is 0.776. The molecule has 0 saturated carbocycles. The zero-order valence-corrected chi connectivity index (χ0v) is 12.9. The highest BCUT2D eigenvalue weighted by Gasteiger charge is 1.99. The van der Waals surface area contributed by atoms with E-state index in [0.717, 1.165) is 17.1 Å². The minimum atomic E-state index is 0.590. The summed E-state index contributed by atoms with van der Waals surface area (Å²) >= 11 is 0. The Balaban J connectivity index is 1.51. The molecule has 4 nitrogen and oxygen atoms in total. The first-order valence-electron chi connectivity index (χ1n) is 7.60. The first kappa shape index (κ1) is 15.2. The van der Waals surface area contributed by atoms with Gasteiger partial charge in [0.05, 0.1) is 19.8 Å². The molecule has 0 aliphatic rings. The Morgan fingerprint density at radius 2 is 1.52 bits per heavy atom. The van der Waals surface area contributed by atoms with Gasteiger partial charge < -0.3 is 10.1 Å². The van der Waals surface area contributed by atoms with Crippen molar-refractivity contribution in [1.82, 2.24) is 9.97 Å². The topological polar surface area (TPSA) is 47.0 Å². The maximum absolute atomic E-state index is 5.77. The Morgan fingerprint density at radius 3 is 2.35 bits per heavy atom. The molecule has 3 aromatic rings. The van der Waals surface area contributed by atoms with E-state index >= 15 is 0 Å². The van der Waals surface area contributed by atoms with Crippen LogP contribution in [0.5, 0.6) is 0 Å². The Kier molecular flexibility index (Phi) is 5.32. The Labute approximate surface area is 136 Å². The van der Waals surface area contributed by atoms with Gasteiger partial charge in [-0.05, 0) is 29.3 Å². The number of hydrogen-bond donors (Lipinski definition) is 1. The molecule has 0 saturated heterocycles. The third kappa shape index (κ3) is 4.90. The van der Waals surface area contributed by atoms with Gasteiger partial charge in [0.25, 0.3) is 0 Å². The molecule has 1 aromatic heterocycles. The van der Waals surface area contributed by atoms with Gasteiger partial charge in [0, 0.05) is 18.1 Å². The lowest BCUT2D eigenvalue weighted by Crippen LogP contribution is -2.04. The summed E-state index contributed by atoms with van der Waals surface area (Å²) < 4.78 is 5.77. The molecule has 0 bridgehead atoms. The third-order valence-electron chi connectivity index (χ3n) is 3.38. The monoisotopic (exact) mass is 305 g/mol. The van der Waals surface area contributed by atoms with E-state index in [4.69, 9.17) is 4.74 Å². The van der Waals surface area contributed by atoms with Crippen molar-refractivity contribution in [1.29, 1.82) is 0 Å². The van der Waals surface area contributed by atoms with E-state index in [1.807, 2.05) is 36.4 Å². The smallest absolute Gasteiger partial charge is 0.147 e. The molecule has 1 heterocycles. The number of rotatable bonds is 7. The first-order chi connectivity index (χ1) is 11.4. The predicted octanol–water partition coefficient (Wildman–Crippen LogP) is 3.81. The van der Waals surface area contributed by atoms with Crippen LogP contribution < -0.4 is 5.32 Å². The fraction of sp³-hybridized carbons (Fsp3) is 0.158. The zero-order valence-electron chi connectivity index (χ0n) is 12.9. The molecule has 0 atom stereocenters. The molecule has 23 heavy (non-hydrogen) atoms. The summed E-state index contributed by atoms with van der Waals surface area (Å²) in [5, 5.41) is 3.33. The number of nitrogens with zero attached hydrogens (tertiary/aromatic N) is 2. The van der Waals surface area contributed by atoms with Crippen LogP contribution in [0.15, 0.2) is 73.1 Å². The van der Waals surface area contributed by atoms with Crippen molar-refractivity contribution in [2.75, 3.05) is 5.32 Å². The Hall–Kier alpha value is -2.72. The number of aromatic nitrogens is 2. The maximum Gasteiger partial charge on any atom is 0.147 e.